The number of urea groups is 1. The van der Waals surface area contributed by atoms with Gasteiger partial charge in [0.1, 0.15) is 6.54 Å². The van der Waals surface area contributed by atoms with Gasteiger partial charge in [0.15, 0.2) is 0 Å². The van der Waals surface area contributed by atoms with Gasteiger partial charge >= 0.3 is 12.0 Å². The maximum Gasteiger partial charge on any atom is 0.325 e. The Hall–Kier alpha value is -1.83. The average molecular weight is 317 g/mol. The van der Waals surface area contributed by atoms with Gasteiger partial charge in [-0.25, -0.2) is 4.79 Å². The quantitative estimate of drug-likeness (QED) is 0.685. The second-order valence-electron chi connectivity index (χ2n) is 4.17. The minimum Gasteiger partial charge on any atom is -0.480 e. The van der Waals surface area contributed by atoms with Crippen molar-refractivity contribution < 1.29 is 24.9 Å². The zero-order valence-corrected chi connectivity index (χ0v) is 12.0. The van der Waals surface area contributed by atoms with E-state index in [0.717, 1.165) is 4.90 Å². The number of rotatable bonds is 7. The predicted octanol–water partition coefficient (Wildman–Crippen LogP) is 0.638. The zero-order chi connectivity index (χ0) is 15.8. The number of amides is 2. The lowest BCUT2D eigenvalue weighted by atomic mass is 10.3. The largest absolute Gasteiger partial charge is 0.480 e. The third-order valence-electron chi connectivity index (χ3n) is 2.67. The van der Waals surface area contributed by atoms with E-state index in [0.29, 0.717) is 10.7 Å². The third-order valence-corrected chi connectivity index (χ3v) is 2.92. The number of carboxylic acids is 1. The van der Waals surface area contributed by atoms with Crippen molar-refractivity contribution in [3.63, 3.8) is 0 Å². The van der Waals surface area contributed by atoms with Crippen LogP contribution in [0.2, 0.25) is 5.02 Å². The highest BCUT2D eigenvalue weighted by molar-refractivity contribution is 6.30. The molecule has 7 nitrogen and oxygen atoms in total. The summed E-state index contributed by atoms with van der Waals surface area (Å²) in [5.41, 5.74) is 0.368. The standard InChI is InChI=1S/C13H17ClN2O5/c14-10-1-3-11(4-2-10)16(9-12(19)20)13(21)15(5-7-17)6-8-18/h1-4,17-18H,5-9H2,(H,19,20). The van der Waals surface area contributed by atoms with Crippen LogP contribution in [-0.2, 0) is 4.79 Å². The minimum atomic E-state index is -1.17. The van der Waals surface area contributed by atoms with E-state index in [1.54, 1.807) is 12.1 Å². The van der Waals surface area contributed by atoms with Gasteiger partial charge in [-0.05, 0) is 24.3 Å². The molecule has 3 N–H and O–H groups in total. The average Bonchev–Trinajstić information content (AvgIpc) is 2.45. The highest BCUT2D eigenvalue weighted by atomic mass is 35.5. The van der Waals surface area contributed by atoms with Gasteiger partial charge in [-0.2, -0.15) is 0 Å². The number of carbonyl (C=O) groups is 2. The number of aliphatic hydroxyl groups excluding tert-OH is 2. The molecule has 0 heterocycles. The van der Waals surface area contributed by atoms with Crippen LogP contribution in [0, 0.1) is 0 Å². The molecule has 0 saturated carbocycles. The Labute approximate surface area is 127 Å². The van der Waals surface area contributed by atoms with Gasteiger partial charge in [0, 0.05) is 23.8 Å². The summed E-state index contributed by atoms with van der Waals surface area (Å²) in [5, 5.41) is 27.3. The fraction of sp³-hybridized carbons (Fsp3) is 0.385. The summed E-state index contributed by atoms with van der Waals surface area (Å²) in [5.74, 6) is -1.17. The van der Waals surface area contributed by atoms with Gasteiger partial charge in [0.05, 0.1) is 13.2 Å². The number of anilines is 1. The van der Waals surface area contributed by atoms with Crippen molar-refractivity contribution in [2.75, 3.05) is 37.7 Å². The summed E-state index contributed by atoms with van der Waals surface area (Å²) in [6, 6.07) is 5.53. The van der Waals surface area contributed by atoms with Crippen molar-refractivity contribution in [2.24, 2.45) is 0 Å². The fourth-order valence-electron chi connectivity index (χ4n) is 1.74. The molecule has 0 radical (unpaired) electrons. The van der Waals surface area contributed by atoms with Crippen LogP contribution in [0.5, 0.6) is 0 Å². The van der Waals surface area contributed by atoms with Gasteiger partial charge in [-0.15, -0.1) is 0 Å². The second kappa shape index (κ2) is 8.46. The first-order chi connectivity index (χ1) is 9.99. The number of nitrogens with zero attached hydrogens (tertiary/aromatic N) is 2. The lowest BCUT2D eigenvalue weighted by molar-refractivity contribution is -0.135. The molecule has 0 aromatic heterocycles. The molecular formula is C13H17ClN2O5. The molecule has 0 aliphatic carbocycles. The van der Waals surface area contributed by atoms with Crippen LogP contribution >= 0.6 is 11.6 Å². The van der Waals surface area contributed by atoms with Crippen molar-refractivity contribution in [3.8, 4) is 0 Å². The Morgan fingerprint density at radius 1 is 1.05 bits per heavy atom. The van der Waals surface area contributed by atoms with E-state index in [2.05, 4.69) is 0 Å². The summed E-state index contributed by atoms with van der Waals surface area (Å²) in [4.78, 5) is 25.6. The number of carbonyl (C=O) groups excluding carboxylic acids is 1. The molecular weight excluding hydrogens is 300 g/mol. The van der Waals surface area contributed by atoms with Gasteiger partial charge in [-0.3, -0.25) is 9.69 Å². The van der Waals surface area contributed by atoms with Crippen molar-refractivity contribution >= 4 is 29.3 Å². The Morgan fingerprint density at radius 2 is 1.57 bits per heavy atom. The molecule has 1 aromatic rings. The normalized spacial score (nSPS) is 10.2. The van der Waals surface area contributed by atoms with Gasteiger partial charge in [0.25, 0.3) is 0 Å². The highest BCUT2D eigenvalue weighted by Gasteiger charge is 2.23. The van der Waals surface area contributed by atoms with Crippen LogP contribution in [0.15, 0.2) is 24.3 Å². The number of aliphatic hydroxyl groups is 2. The summed E-state index contributed by atoms with van der Waals surface area (Å²) >= 11 is 5.77. The van der Waals surface area contributed by atoms with Gasteiger partial charge in [0.2, 0.25) is 0 Å². The fourth-order valence-corrected chi connectivity index (χ4v) is 1.87. The highest BCUT2D eigenvalue weighted by Crippen LogP contribution is 2.19. The van der Waals surface area contributed by atoms with Crippen LogP contribution in [0.4, 0.5) is 10.5 Å². The summed E-state index contributed by atoms with van der Waals surface area (Å²) in [6.07, 6.45) is 0. The second-order valence-corrected chi connectivity index (χ2v) is 4.61. The van der Waals surface area contributed by atoms with Crippen molar-refractivity contribution in [1.29, 1.82) is 0 Å². The molecule has 0 bridgehead atoms. The van der Waals surface area contributed by atoms with E-state index in [-0.39, 0.29) is 26.3 Å². The Balaban J connectivity index is 3.02. The first-order valence-electron chi connectivity index (χ1n) is 6.25. The molecule has 0 unspecified atom stereocenters. The van der Waals surface area contributed by atoms with E-state index < -0.39 is 18.5 Å². The smallest absolute Gasteiger partial charge is 0.325 e. The first-order valence-corrected chi connectivity index (χ1v) is 6.63. The van der Waals surface area contributed by atoms with E-state index in [9.17, 15) is 9.59 Å². The number of benzene rings is 1. The Kier molecular flexibility index (Phi) is 6.93. The lowest BCUT2D eigenvalue weighted by Crippen LogP contribution is -2.47. The number of halogens is 1. The Bertz CT molecular complexity index is 474. The Morgan fingerprint density at radius 3 is 2.00 bits per heavy atom. The molecule has 1 aromatic carbocycles. The zero-order valence-electron chi connectivity index (χ0n) is 11.3. The van der Waals surface area contributed by atoms with Gasteiger partial charge < -0.3 is 20.2 Å². The van der Waals surface area contributed by atoms with Gasteiger partial charge in [-0.1, -0.05) is 11.6 Å². The van der Waals surface area contributed by atoms with Crippen LogP contribution in [-0.4, -0.2) is 65.1 Å². The van der Waals surface area contributed by atoms with E-state index in [1.807, 2.05) is 0 Å². The molecule has 2 amide bonds. The molecule has 0 aliphatic rings. The van der Waals surface area contributed by atoms with Crippen molar-refractivity contribution in [2.45, 2.75) is 0 Å². The number of hydrogen-bond donors (Lipinski definition) is 3. The topological polar surface area (TPSA) is 101 Å². The number of hydrogen-bond acceptors (Lipinski definition) is 4. The summed E-state index contributed by atoms with van der Waals surface area (Å²) in [7, 11) is 0. The summed E-state index contributed by atoms with van der Waals surface area (Å²) < 4.78 is 0. The summed E-state index contributed by atoms with van der Waals surface area (Å²) in [6.45, 7) is -1.10. The van der Waals surface area contributed by atoms with E-state index >= 15 is 0 Å². The molecule has 0 aliphatic heterocycles. The van der Waals surface area contributed by atoms with E-state index in [1.165, 1.54) is 17.0 Å². The van der Waals surface area contributed by atoms with Crippen LogP contribution in [0.3, 0.4) is 0 Å². The lowest BCUT2D eigenvalue weighted by Gasteiger charge is -2.29. The van der Waals surface area contributed by atoms with E-state index in [4.69, 9.17) is 26.9 Å². The maximum atomic E-state index is 12.4. The number of carboxylic acid groups (broad SMARTS) is 1. The molecule has 21 heavy (non-hydrogen) atoms. The molecule has 8 heteroatoms. The molecule has 0 atom stereocenters. The van der Waals surface area contributed by atoms with Crippen LogP contribution < -0.4 is 4.90 Å². The minimum absolute atomic E-state index is 0.00308. The molecule has 1 rings (SSSR count). The third kappa shape index (κ3) is 5.22. The first kappa shape index (κ1) is 17.2. The monoisotopic (exact) mass is 316 g/mol. The number of aliphatic carboxylic acids is 1. The van der Waals surface area contributed by atoms with Crippen LogP contribution in [0.1, 0.15) is 0 Å². The predicted molar refractivity (Wildman–Crippen MR) is 77.6 cm³/mol. The van der Waals surface area contributed by atoms with Crippen molar-refractivity contribution in [1.82, 2.24) is 4.90 Å². The molecule has 0 fully saturated rings. The SMILES string of the molecule is O=C(O)CN(C(=O)N(CCO)CCO)c1ccc(Cl)cc1. The van der Waals surface area contributed by atoms with Crippen molar-refractivity contribution in [3.05, 3.63) is 29.3 Å². The van der Waals surface area contributed by atoms with Crippen LogP contribution in [0.25, 0.3) is 0 Å². The molecule has 0 saturated heterocycles. The molecule has 116 valence electrons. The molecule has 0 spiro atoms. The maximum absolute atomic E-state index is 12.4.